The molecule has 0 radical (unpaired) electrons. The van der Waals surface area contributed by atoms with Crippen molar-refractivity contribution in [3.63, 3.8) is 0 Å². The van der Waals surface area contributed by atoms with Crippen molar-refractivity contribution < 1.29 is 13.5 Å². The SMILES string of the molecule is CC(CO)CCCNS(=O)(=O)c1cccnc1N. The molecule has 1 atom stereocenters. The molecule has 1 aromatic heterocycles. The van der Waals surface area contributed by atoms with E-state index in [1.807, 2.05) is 6.92 Å². The summed E-state index contributed by atoms with van der Waals surface area (Å²) in [6.07, 6.45) is 2.87. The number of nitrogens with two attached hydrogens (primary N) is 1. The molecule has 0 bridgehead atoms. The molecular weight excluding hydrogens is 254 g/mol. The van der Waals surface area contributed by atoms with Crippen LogP contribution in [0.2, 0.25) is 0 Å². The lowest BCUT2D eigenvalue weighted by molar-refractivity contribution is 0.228. The maximum Gasteiger partial charge on any atom is 0.244 e. The van der Waals surface area contributed by atoms with Gasteiger partial charge in [0.15, 0.2) is 0 Å². The normalized spacial score (nSPS) is 13.4. The fourth-order valence-electron chi connectivity index (χ4n) is 1.46. The summed E-state index contributed by atoms with van der Waals surface area (Å²) in [5.41, 5.74) is 5.52. The first kappa shape index (κ1) is 14.9. The zero-order valence-corrected chi connectivity index (χ0v) is 11.2. The summed E-state index contributed by atoms with van der Waals surface area (Å²) in [4.78, 5) is 3.74. The highest BCUT2D eigenvalue weighted by Crippen LogP contribution is 2.14. The summed E-state index contributed by atoms with van der Waals surface area (Å²) < 4.78 is 26.2. The maximum atomic E-state index is 11.9. The molecule has 18 heavy (non-hydrogen) atoms. The maximum absolute atomic E-state index is 11.9. The molecule has 0 spiro atoms. The Balaban J connectivity index is 2.54. The Morgan fingerprint density at radius 3 is 2.89 bits per heavy atom. The molecule has 0 saturated heterocycles. The Morgan fingerprint density at radius 2 is 2.28 bits per heavy atom. The number of rotatable bonds is 7. The van der Waals surface area contributed by atoms with E-state index in [0.717, 1.165) is 6.42 Å². The van der Waals surface area contributed by atoms with Crippen molar-refractivity contribution in [2.45, 2.75) is 24.7 Å². The van der Waals surface area contributed by atoms with Crippen LogP contribution in [0.3, 0.4) is 0 Å². The van der Waals surface area contributed by atoms with Gasteiger partial charge in [0.05, 0.1) is 0 Å². The molecule has 6 nitrogen and oxygen atoms in total. The summed E-state index contributed by atoms with van der Waals surface area (Å²) in [5.74, 6) is 0.173. The molecule has 0 aliphatic carbocycles. The Labute approximate surface area is 107 Å². The van der Waals surface area contributed by atoms with Gasteiger partial charge in [-0.05, 0) is 30.9 Å². The highest BCUT2D eigenvalue weighted by Gasteiger charge is 2.16. The fraction of sp³-hybridized carbons (Fsp3) is 0.545. The first-order valence-corrected chi connectivity index (χ1v) is 7.26. The van der Waals surface area contributed by atoms with Gasteiger partial charge < -0.3 is 10.8 Å². The number of nitrogens with zero attached hydrogens (tertiary/aromatic N) is 1. The Morgan fingerprint density at radius 1 is 1.56 bits per heavy atom. The van der Waals surface area contributed by atoms with Gasteiger partial charge in [-0.1, -0.05) is 6.92 Å². The third kappa shape index (κ3) is 4.25. The van der Waals surface area contributed by atoms with Gasteiger partial charge in [-0.15, -0.1) is 0 Å². The molecule has 1 unspecified atom stereocenters. The predicted octanol–water partition coefficient (Wildman–Crippen LogP) is 0.351. The summed E-state index contributed by atoms with van der Waals surface area (Å²) >= 11 is 0. The van der Waals surface area contributed by atoms with E-state index in [-0.39, 0.29) is 23.2 Å². The van der Waals surface area contributed by atoms with Gasteiger partial charge in [0, 0.05) is 19.3 Å². The minimum absolute atomic E-state index is 0.000191. The standard InChI is InChI=1S/C11H19N3O3S/c1-9(8-15)4-2-7-14-18(16,17)10-5-3-6-13-11(10)12/h3,5-6,9,14-15H,2,4,7-8H2,1H3,(H2,12,13). The van der Waals surface area contributed by atoms with E-state index in [1.54, 1.807) is 0 Å². The van der Waals surface area contributed by atoms with Crippen molar-refractivity contribution in [2.75, 3.05) is 18.9 Å². The van der Waals surface area contributed by atoms with Crippen LogP contribution >= 0.6 is 0 Å². The lowest BCUT2D eigenvalue weighted by Crippen LogP contribution is -2.26. The number of sulfonamides is 1. The molecule has 0 saturated carbocycles. The van der Waals surface area contributed by atoms with Crippen molar-refractivity contribution in [3.05, 3.63) is 18.3 Å². The fourth-order valence-corrected chi connectivity index (χ4v) is 2.61. The number of nitrogens with one attached hydrogen (secondary N) is 1. The van der Waals surface area contributed by atoms with E-state index in [1.165, 1.54) is 18.3 Å². The van der Waals surface area contributed by atoms with Gasteiger partial charge in [-0.3, -0.25) is 0 Å². The van der Waals surface area contributed by atoms with Crippen LogP contribution < -0.4 is 10.5 Å². The van der Waals surface area contributed by atoms with Crippen LogP contribution in [-0.4, -0.2) is 31.7 Å². The minimum Gasteiger partial charge on any atom is -0.396 e. The second-order valence-corrected chi connectivity index (χ2v) is 5.95. The van der Waals surface area contributed by atoms with E-state index in [9.17, 15) is 8.42 Å². The first-order valence-electron chi connectivity index (χ1n) is 5.78. The van der Waals surface area contributed by atoms with Crippen LogP contribution in [0.5, 0.6) is 0 Å². The van der Waals surface area contributed by atoms with Crippen LogP contribution in [-0.2, 0) is 10.0 Å². The molecule has 1 rings (SSSR count). The number of anilines is 1. The number of hydrogen-bond acceptors (Lipinski definition) is 5. The van der Waals surface area contributed by atoms with Crippen LogP contribution in [0, 0.1) is 5.92 Å². The number of aliphatic hydroxyl groups is 1. The van der Waals surface area contributed by atoms with Crippen LogP contribution in [0.15, 0.2) is 23.2 Å². The van der Waals surface area contributed by atoms with Gasteiger partial charge in [0.2, 0.25) is 10.0 Å². The van der Waals surface area contributed by atoms with E-state index < -0.39 is 10.0 Å². The quantitative estimate of drug-likeness (QED) is 0.622. The van der Waals surface area contributed by atoms with Crippen LogP contribution in [0.1, 0.15) is 19.8 Å². The molecule has 0 aromatic carbocycles. The molecule has 102 valence electrons. The largest absolute Gasteiger partial charge is 0.396 e. The average molecular weight is 273 g/mol. The summed E-state index contributed by atoms with van der Waals surface area (Å²) in [6, 6.07) is 2.94. The van der Waals surface area contributed by atoms with Gasteiger partial charge in [0.25, 0.3) is 0 Å². The summed E-state index contributed by atoms with van der Waals surface area (Å²) in [6.45, 7) is 2.34. The van der Waals surface area contributed by atoms with Gasteiger partial charge in [0.1, 0.15) is 10.7 Å². The summed E-state index contributed by atoms with van der Waals surface area (Å²) in [5, 5.41) is 8.84. The molecule has 7 heteroatoms. The van der Waals surface area contributed by atoms with E-state index in [2.05, 4.69) is 9.71 Å². The number of hydrogen-bond donors (Lipinski definition) is 3. The molecule has 0 fully saturated rings. The van der Waals surface area contributed by atoms with Crippen LogP contribution in [0.25, 0.3) is 0 Å². The molecule has 4 N–H and O–H groups in total. The highest BCUT2D eigenvalue weighted by molar-refractivity contribution is 7.89. The molecular formula is C11H19N3O3S. The van der Waals surface area contributed by atoms with Crippen LogP contribution in [0.4, 0.5) is 5.82 Å². The van der Waals surface area contributed by atoms with Crippen molar-refractivity contribution in [3.8, 4) is 0 Å². The second kappa shape index (κ2) is 6.67. The first-order chi connectivity index (χ1) is 8.47. The Kier molecular flexibility index (Phi) is 5.52. The molecule has 0 amide bonds. The molecule has 1 heterocycles. The highest BCUT2D eigenvalue weighted by atomic mass is 32.2. The topological polar surface area (TPSA) is 105 Å². The zero-order valence-electron chi connectivity index (χ0n) is 10.3. The van der Waals surface area contributed by atoms with Crippen molar-refractivity contribution in [2.24, 2.45) is 5.92 Å². The molecule has 0 aliphatic rings. The number of nitrogen functional groups attached to an aromatic ring is 1. The van der Waals surface area contributed by atoms with Crippen molar-refractivity contribution >= 4 is 15.8 Å². The van der Waals surface area contributed by atoms with Crippen molar-refractivity contribution in [1.29, 1.82) is 0 Å². The molecule has 0 aliphatic heterocycles. The number of pyridine rings is 1. The lowest BCUT2D eigenvalue weighted by atomic mass is 10.1. The lowest BCUT2D eigenvalue weighted by Gasteiger charge is -2.10. The van der Waals surface area contributed by atoms with Gasteiger partial charge in [-0.25, -0.2) is 18.1 Å². The third-order valence-electron chi connectivity index (χ3n) is 2.57. The molecule has 1 aromatic rings. The smallest absolute Gasteiger partial charge is 0.244 e. The zero-order chi connectivity index (χ0) is 13.6. The average Bonchev–Trinajstić information content (AvgIpc) is 2.34. The Bertz CT molecular complexity index is 476. The van der Waals surface area contributed by atoms with E-state index in [0.29, 0.717) is 13.0 Å². The van der Waals surface area contributed by atoms with Gasteiger partial charge in [-0.2, -0.15) is 0 Å². The van der Waals surface area contributed by atoms with Crippen molar-refractivity contribution in [1.82, 2.24) is 9.71 Å². The van der Waals surface area contributed by atoms with E-state index >= 15 is 0 Å². The van der Waals surface area contributed by atoms with E-state index in [4.69, 9.17) is 10.8 Å². The van der Waals surface area contributed by atoms with Gasteiger partial charge >= 0.3 is 0 Å². The third-order valence-corrected chi connectivity index (χ3v) is 4.08. The minimum atomic E-state index is -3.60. The second-order valence-electron chi connectivity index (χ2n) is 4.21. The Hall–Kier alpha value is -1.18. The number of aromatic nitrogens is 1. The number of aliphatic hydroxyl groups excluding tert-OH is 1. The summed E-state index contributed by atoms with van der Waals surface area (Å²) in [7, 11) is -3.60. The predicted molar refractivity (Wildman–Crippen MR) is 69.3 cm³/mol. The monoisotopic (exact) mass is 273 g/mol.